The Labute approximate surface area is 217 Å². The summed E-state index contributed by atoms with van der Waals surface area (Å²) >= 11 is 6.49. The summed E-state index contributed by atoms with van der Waals surface area (Å²) in [6, 6.07) is 18.8. The van der Waals surface area contributed by atoms with Crippen LogP contribution in [0.4, 0.5) is 0 Å². The van der Waals surface area contributed by atoms with Gasteiger partial charge in [0.15, 0.2) is 0 Å². The van der Waals surface area contributed by atoms with Gasteiger partial charge in [-0.2, -0.15) is 0 Å². The molecule has 0 radical (unpaired) electrons. The van der Waals surface area contributed by atoms with E-state index in [-0.39, 0.29) is 16.5 Å². The number of hydrogen-bond acceptors (Lipinski definition) is 5. The third-order valence-electron chi connectivity index (χ3n) is 7.28. The van der Waals surface area contributed by atoms with Crippen LogP contribution in [0.3, 0.4) is 0 Å². The van der Waals surface area contributed by atoms with Crippen LogP contribution in [0.15, 0.2) is 60.7 Å². The molecule has 2 heterocycles. The predicted molar refractivity (Wildman–Crippen MR) is 144 cm³/mol. The molecule has 3 unspecified atom stereocenters. The summed E-state index contributed by atoms with van der Waals surface area (Å²) in [5.41, 5.74) is 4.22. The second kappa shape index (κ2) is 10.1. The molecule has 6 heteroatoms. The standard InChI is InChI=1S/C30H32ClNO4/c1-18-13-14-32(16-18)19(2)17-35-24-9-7-21(8-10-24)30-27(22-5-4-6-23(33)15-22)20(3)28-26(36-30)12-11-25(34)29(28)31/h4-12,15,18-19,30,33-34H,13-14,16-17H2,1-3H3. The van der Waals surface area contributed by atoms with Crippen LogP contribution in [-0.2, 0) is 0 Å². The fourth-order valence-electron chi connectivity index (χ4n) is 5.22. The average molecular weight is 506 g/mol. The molecule has 1 saturated heterocycles. The molecule has 0 amide bonds. The number of phenols is 2. The lowest BCUT2D eigenvalue weighted by Gasteiger charge is -2.32. The Morgan fingerprint density at radius 2 is 1.89 bits per heavy atom. The van der Waals surface area contributed by atoms with Crippen molar-refractivity contribution in [3.63, 3.8) is 0 Å². The van der Waals surface area contributed by atoms with Crippen LogP contribution >= 0.6 is 11.6 Å². The first-order valence-electron chi connectivity index (χ1n) is 12.5. The maximum atomic E-state index is 10.2. The zero-order valence-electron chi connectivity index (χ0n) is 20.9. The van der Waals surface area contributed by atoms with Gasteiger partial charge in [0.25, 0.3) is 0 Å². The molecule has 5 nitrogen and oxygen atoms in total. The minimum Gasteiger partial charge on any atom is -0.508 e. The number of ether oxygens (including phenoxy) is 2. The van der Waals surface area contributed by atoms with Crippen molar-refractivity contribution in [3.05, 3.63) is 82.4 Å². The monoisotopic (exact) mass is 505 g/mol. The molecule has 0 aromatic heterocycles. The van der Waals surface area contributed by atoms with Gasteiger partial charge in [-0.3, -0.25) is 4.90 Å². The zero-order chi connectivity index (χ0) is 25.4. The maximum Gasteiger partial charge on any atom is 0.150 e. The number of aromatic hydroxyl groups is 2. The van der Waals surface area contributed by atoms with Crippen molar-refractivity contribution in [3.8, 4) is 23.0 Å². The Morgan fingerprint density at radius 1 is 1.11 bits per heavy atom. The fourth-order valence-corrected chi connectivity index (χ4v) is 5.52. The number of likely N-dealkylation sites (tertiary alicyclic amines) is 1. The largest absolute Gasteiger partial charge is 0.508 e. The van der Waals surface area contributed by atoms with E-state index in [1.165, 1.54) is 6.42 Å². The predicted octanol–water partition coefficient (Wildman–Crippen LogP) is 6.92. The normalized spacial score (nSPS) is 20.7. The van der Waals surface area contributed by atoms with E-state index in [2.05, 4.69) is 18.7 Å². The van der Waals surface area contributed by atoms with Crippen LogP contribution in [0.2, 0.25) is 5.02 Å². The lowest BCUT2D eigenvalue weighted by Crippen LogP contribution is -2.35. The van der Waals surface area contributed by atoms with Gasteiger partial charge < -0.3 is 19.7 Å². The number of phenolic OH excluding ortho intramolecular Hbond substituents is 2. The fraction of sp³-hybridized carbons (Fsp3) is 0.333. The van der Waals surface area contributed by atoms with Crippen molar-refractivity contribution >= 4 is 22.7 Å². The number of hydrogen-bond donors (Lipinski definition) is 2. The Balaban J connectivity index is 1.43. The number of fused-ring (bicyclic) bond motifs is 1. The van der Waals surface area contributed by atoms with E-state index in [4.69, 9.17) is 21.1 Å². The summed E-state index contributed by atoms with van der Waals surface area (Å²) in [6.07, 6.45) is 0.835. The zero-order valence-corrected chi connectivity index (χ0v) is 21.6. The number of halogens is 1. The minimum absolute atomic E-state index is 0.00573. The summed E-state index contributed by atoms with van der Waals surface area (Å²) in [5.74, 6) is 2.36. The van der Waals surface area contributed by atoms with Crippen molar-refractivity contribution < 1.29 is 19.7 Å². The number of allylic oxidation sites excluding steroid dienone is 1. The second-order valence-corrected chi connectivity index (χ2v) is 10.4. The van der Waals surface area contributed by atoms with Gasteiger partial charge in [-0.1, -0.05) is 42.8 Å². The number of benzene rings is 3. The van der Waals surface area contributed by atoms with E-state index in [1.54, 1.807) is 30.3 Å². The van der Waals surface area contributed by atoms with Gasteiger partial charge in [0.1, 0.15) is 35.7 Å². The smallest absolute Gasteiger partial charge is 0.150 e. The Kier molecular flexibility index (Phi) is 6.87. The number of rotatable bonds is 6. The van der Waals surface area contributed by atoms with Crippen molar-refractivity contribution in [1.29, 1.82) is 0 Å². The molecule has 5 rings (SSSR count). The molecule has 0 spiro atoms. The highest BCUT2D eigenvalue weighted by atomic mass is 35.5. The van der Waals surface area contributed by atoms with Crippen molar-refractivity contribution in [2.45, 2.75) is 39.3 Å². The summed E-state index contributed by atoms with van der Waals surface area (Å²) < 4.78 is 12.6. The van der Waals surface area contributed by atoms with Crippen molar-refractivity contribution in [2.75, 3.05) is 19.7 Å². The van der Waals surface area contributed by atoms with Crippen LogP contribution in [0.5, 0.6) is 23.0 Å². The van der Waals surface area contributed by atoms with Crippen LogP contribution in [0, 0.1) is 5.92 Å². The molecule has 0 saturated carbocycles. The Hall–Kier alpha value is -3.15. The highest BCUT2D eigenvalue weighted by Gasteiger charge is 2.31. The van der Waals surface area contributed by atoms with Gasteiger partial charge in [-0.15, -0.1) is 0 Å². The molecule has 3 aromatic rings. The number of nitrogens with zero attached hydrogens (tertiary/aromatic N) is 1. The van der Waals surface area contributed by atoms with Crippen LogP contribution in [-0.4, -0.2) is 40.9 Å². The van der Waals surface area contributed by atoms with E-state index >= 15 is 0 Å². The van der Waals surface area contributed by atoms with Gasteiger partial charge >= 0.3 is 0 Å². The van der Waals surface area contributed by atoms with Gasteiger partial charge in [0.05, 0.1) is 5.02 Å². The molecular formula is C30H32ClNO4. The van der Waals surface area contributed by atoms with E-state index in [0.717, 1.165) is 47.0 Å². The Bertz CT molecular complexity index is 1290. The molecule has 188 valence electrons. The highest BCUT2D eigenvalue weighted by molar-refractivity contribution is 6.34. The van der Waals surface area contributed by atoms with E-state index in [0.29, 0.717) is 24.0 Å². The molecule has 2 aliphatic rings. The third kappa shape index (κ3) is 4.78. The summed E-state index contributed by atoms with van der Waals surface area (Å²) in [5, 5.41) is 20.6. The quantitative estimate of drug-likeness (QED) is 0.380. The molecule has 0 aliphatic carbocycles. The summed E-state index contributed by atoms with van der Waals surface area (Å²) in [4.78, 5) is 2.49. The molecule has 3 aromatic carbocycles. The molecule has 1 fully saturated rings. The SMILES string of the molecule is CC1=C(c2cccc(O)c2)C(c2ccc(OCC(C)N3CCC(C)C3)cc2)Oc2ccc(O)c(Cl)c21. The minimum atomic E-state index is -0.418. The first kappa shape index (κ1) is 24.5. The first-order chi connectivity index (χ1) is 17.3. The van der Waals surface area contributed by atoms with Crippen LogP contribution in [0.1, 0.15) is 50.0 Å². The van der Waals surface area contributed by atoms with Crippen LogP contribution in [0.25, 0.3) is 11.1 Å². The summed E-state index contributed by atoms with van der Waals surface area (Å²) in [7, 11) is 0. The molecule has 0 bridgehead atoms. The molecule has 2 N–H and O–H groups in total. The maximum absolute atomic E-state index is 10.2. The second-order valence-electron chi connectivity index (χ2n) is 9.98. The lowest BCUT2D eigenvalue weighted by molar-refractivity contribution is 0.169. The van der Waals surface area contributed by atoms with Crippen LogP contribution < -0.4 is 9.47 Å². The molecule has 3 atom stereocenters. The van der Waals surface area contributed by atoms with Gasteiger partial charge in [-0.25, -0.2) is 0 Å². The molecule has 2 aliphatic heterocycles. The highest BCUT2D eigenvalue weighted by Crippen LogP contribution is 2.50. The molecular weight excluding hydrogens is 474 g/mol. The Morgan fingerprint density at radius 3 is 2.58 bits per heavy atom. The summed E-state index contributed by atoms with van der Waals surface area (Å²) in [6.45, 7) is 9.41. The first-order valence-corrected chi connectivity index (χ1v) is 12.8. The topological polar surface area (TPSA) is 62.2 Å². The van der Waals surface area contributed by atoms with E-state index in [1.807, 2.05) is 37.3 Å². The van der Waals surface area contributed by atoms with E-state index < -0.39 is 6.10 Å². The van der Waals surface area contributed by atoms with Crippen molar-refractivity contribution in [1.82, 2.24) is 4.90 Å². The third-order valence-corrected chi connectivity index (χ3v) is 7.66. The van der Waals surface area contributed by atoms with Gasteiger partial charge in [0, 0.05) is 23.7 Å². The van der Waals surface area contributed by atoms with Gasteiger partial charge in [0.2, 0.25) is 0 Å². The van der Waals surface area contributed by atoms with Gasteiger partial charge in [-0.05, 0) is 85.8 Å². The molecule has 36 heavy (non-hydrogen) atoms. The van der Waals surface area contributed by atoms with Crippen molar-refractivity contribution in [2.24, 2.45) is 5.92 Å². The van der Waals surface area contributed by atoms with E-state index in [9.17, 15) is 10.2 Å². The lowest BCUT2D eigenvalue weighted by atomic mass is 9.86. The average Bonchev–Trinajstić information content (AvgIpc) is 3.31.